The van der Waals surface area contributed by atoms with Gasteiger partial charge in [-0.2, -0.15) is 5.10 Å². The number of benzene rings is 1. The summed E-state index contributed by atoms with van der Waals surface area (Å²) in [4.78, 5) is 14.7. The number of ether oxygens (including phenoxy) is 1. The number of carbonyl (C=O) groups is 1. The van der Waals surface area contributed by atoms with Crippen LogP contribution in [0, 0.1) is 0 Å². The van der Waals surface area contributed by atoms with Crippen LogP contribution in [0.4, 0.5) is 0 Å². The Balaban J connectivity index is 1.49. The van der Waals surface area contributed by atoms with Crippen molar-refractivity contribution in [1.29, 1.82) is 0 Å². The number of aromatic nitrogens is 2. The second kappa shape index (κ2) is 7.98. The summed E-state index contributed by atoms with van der Waals surface area (Å²) in [6, 6.07) is 12.8. The van der Waals surface area contributed by atoms with Crippen LogP contribution in [-0.4, -0.2) is 46.4 Å². The fraction of sp³-hybridized carbons (Fsp3) is 0.300. The number of nitrogens with zero attached hydrogens (tertiary/aromatic N) is 3. The topological polar surface area (TPSA) is 60.5 Å². The van der Waals surface area contributed by atoms with Crippen LogP contribution in [0.25, 0.3) is 11.3 Å². The van der Waals surface area contributed by atoms with Gasteiger partial charge in [-0.1, -0.05) is 23.7 Å². The van der Waals surface area contributed by atoms with Crippen molar-refractivity contribution >= 4 is 17.5 Å². The summed E-state index contributed by atoms with van der Waals surface area (Å²) in [6.07, 6.45) is 4.32. The molecule has 6 nitrogen and oxygen atoms in total. The molecule has 1 aliphatic heterocycles. The Morgan fingerprint density at radius 3 is 2.93 bits per heavy atom. The van der Waals surface area contributed by atoms with E-state index in [1.54, 1.807) is 29.3 Å². The lowest BCUT2D eigenvalue weighted by atomic mass is 10.2. The van der Waals surface area contributed by atoms with Gasteiger partial charge in [-0.25, -0.2) is 0 Å². The molecule has 1 atom stereocenters. The smallest absolute Gasteiger partial charge is 0.289 e. The maximum absolute atomic E-state index is 13.0. The first-order valence-electron chi connectivity index (χ1n) is 8.94. The molecule has 1 aliphatic rings. The van der Waals surface area contributed by atoms with Crippen molar-refractivity contribution < 1.29 is 13.9 Å². The lowest BCUT2D eigenvalue weighted by molar-refractivity contribution is 0.0358. The third kappa shape index (κ3) is 4.07. The molecule has 27 heavy (non-hydrogen) atoms. The van der Waals surface area contributed by atoms with E-state index in [-0.39, 0.29) is 12.0 Å². The monoisotopic (exact) mass is 385 g/mol. The third-order valence-electron chi connectivity index (χ3n) is 4.54. The van der Waals surface area contributed by atoms with E-state index in [0.29, 0.717) is 42.8 Å². The summed E-state index contributed by atoms with van der Waals surface area (Å²) in [5, 5.41) is 4.81. The molecule has 140 valence electrons. The zero-order valence-electron chi connectivity index (χ0n) is 14.8. The maximum atomic E-state index is 13.0. The number of hydrogen-bond donors (Lipinski definition) is 0. The fourth-order valence-electron chi connectivity index (χ4n) is 3.22. The Hall–Kier alpha value is -2.57. The van der Waals surface area contributed by atoms with Crippen molar-refractivity contribution in [2.24, 2.45) is 0 Å². The standard InChI is InChI=1S/C20H20ClN3O3/c21-17-6-2-1-5-16(17)18-7-8-19(27-18)20(25)23-10-4-12-26-15(13-23)14-24-11-3-9-22-24/h1-3,5-9,11,15H,4,10,12-14H2. The molecule has 7 heteroatoms. The Morgan fingerprint density at radius 1 is 1.22 bits per heavy atom. The highest BCUT2D eigenvalue weighted by atomic mass is 35.5. The molecule has 0 saturated carbocycles. The largest absolute Gasteiger partial charge is 0.451 e. The Labute approximate surface area is 162 Å². The van der Waals surface area contributed by atoms with E-state index in [4.69, 9.17) is 20.8 Å². The fourth-order valence-corrected chi connectivity index (χ4v) is 3.45. The maximum Gasteiger partial charge on any atom is 0.289 e. The minimum atomic E-state index is -0.135. The average molecular weight is 386 g/mol. The Morgan fingerprint density at radius 2 is 2.11 bits per heavy atom. The zero-order chi connectivity index (χ0) is 18.6. The molecule has 1 fully saturated rings. The first-order valence-corrected chi connectivity index (χ1v) is 9.31. The summed E-state index contributed by atoms with van der Waals surface area (Å²) in [5.74, 6) is 0.761. The van der Waals surface area contributed by atoms with E-state index in [9.17, 15) is 4.79 Å². The normalized spacial score (nSPS) is 17.7. The Kier molecular flexibility index (Phi) is 5.27. The second-order valence-electron chi connectivity index (χ2n) is 6.47. The van der Waals surface area contributed by atoms with Crippen LogP contribution in [0.5, 0.6) is 0 Å². The molecule has 0 radical (unpaired) electrons. The van der Waals surface area contributed by atoms with Gasteiger partial charge in [0.25, 0.3) is 5.91 Å². The summed E-state index contributed by atoms with van der Waals surface area (Å²) in [7, 11) is 0. The molecule has 3 heterocycles. The van der Waals surface area contributed by atoms with Gasteiger partial charge in [0.2, 0.25) is 0 Å². The van der Waals surface area contributed by atoms with Crippen LogP contribution in [0.3, 0.4) is 0 Å². The quantitative estimate of drug-likeness (QED) is 0.686. The lowest BCUT2D eigenvalue weighted by Gasteiger charge is -2.23. The molecule has 0 aliphatic carbocycles. The predicted molar refractivity (Wildman–Crippen MR) is 102 cm³/mol. The van der Waals surface area contributed by atoms with Crippen molar-refractivity contribution in [3.05, 3.63) is 65.6 Å². The summed E-state index contributed by atoms with van der Waals surface area (Å²) < 4.78 is 13.5. The number of carbonyl (C=O) groups excluding carboxylic acids is 1. The number of rotatable bonds is 4. The first kappa shape index (κ1) is 17.8. The summed E-state index contributed by atoms with van der Waals surface area (Å²) in [5.41, 5.74) is 0.772. The van der Waals surface area contributed by atoms with Crippen LogP contribution in [0.2, 0.25) is 5.02 Å². The van der Waals surface area contributed by atoms with Crippen molar-refractivity contribution in [3.63, 3.8) is 0 Å². The van der Waals surface area contributed by atoms with Gasteiger partial charge in [-0.05, 0) is 36.8 Å². The van der Waals surface area contributed by atoms with Gasteiger partial charge in [0, 0.05) is 37.7 Å². The molecule has 1 saturated heterocycles. The zero-order valence-corrected chi connectivity index (χ0v) is 15.5. The molecule has 0 N–H and O–H groups in total. The van der Waals surface area contributed by atoms with E-state index in [2.05, 4.69) is 5.10 Å². The molecule has 0 spiro atoms. The highest BCUT2D eigenvalue weighted by Gasteiger charge is 2.26. The van der Waals surface area contributed by atoms with Gasteiger partial charge in [0.1, 0.15) is 5.76 Å². The molecule has 1 aromatic carbocycles. The average Bonchev–Trinajstić information content (AvgIpc) is 3.31. The van der Waals surface area contributed by atoms with Crippen molar-refractivity contribution in [2.45, 2.75) is 19.1 Å². The highest BCUT2D eigenvalue weighted by molar-refractivity contribution is 6.33. The molecule has 3 aromatic rings. The van der Waals surface area contributed by atoms with E-state index in [1.807, 2.05) is 35.1 Å². The van der Waals surface area contributed by atoms with E-state index in [0.717, 1.165) is 12.0 Å². The predicted octanol–water partition coefficient (Wildman–Crippen LogP) is 3.73. The molecule has 1 amide bonds. The molecule has 1 unspecified atom stereocenters. The lowest BCUT2D eigenvalue weighted by Crippen LogP contribution is -2.38. The molecule has 2 aromatic heterocycles. The molecule has 4 rings (SSSR count). The molecule has 0 bridgehead atoms. The van der Waals surface area contributed by atoms with Gasteiger partial charge in [-0.3, -0.25) is 9.48 Å². The first-order chi connectivity index (χ1) is 13.2. The SMILES string of the molecule is O=C(c1ccc(-c2ccccc2Cl)o1)N1CCCOC(Cn2cccn2)C1. The second-order valence-corrected chi connectivity index (χ2v) is 6.88. The number of hydrogen-bond acceptors (Lipinski definition) is 4. The molecular weight excluding hydrogens is 366 g/mol. The van der Waals surface area contributed by atoms with Gasteiger partial charge >= 0.3 is 0 Å². The van der Waals surface area contributed by atoms with Crippen molar-refractivity contribution in [3.8, 4) is 11.3 Å². The van der Waals surface area contributed by atoms with Crippen molar-refractivity contribution in [1.82, 2.24) is 14.7 Å². The van der Waals surface area contributed by atoms with E-state index >= 15 is 0 Å². The van der Waals surface area contributed by atoms with Gasteiger partial charge in [-0.15, -0.1) is 0 Å². The number of halogens is 1. The van der Waals surface area contributed by atoms with Gasteiger partial charge in [0.05, 0.1) is 17.7 Å². The van der Waals surface area contributed by atoms with Gasteiger partial charge < -0.3 is 14.1 Å². The van der Waals surface area contributed by atoms with Crippen LogP contribution >= 0.6 is 11.6 Å². The summed E-state index contributed by atoms with van der Waals surface area (Å²) in [6.45, 7) is 2.37. The minimum Gasteiger partial charge on any atom is -0.451 e. The third-order valence-corrected chi connectivity index (χ3v) is 4.87. The van der Waals surface area contributed by atoms with Crippen LogP contribution in [0.1, 0.15) is 17.0 Å². The van der Waals surface area contributed by atoms with Crippen LogP contribution in [0.15, 0.2) is 59.3 Å². The highest BCUT2D eigenvalue weighted by Crippen LogP contribution is 2.29. The number of amides is 1. The van der Waals surface area contributed by atoms with Crippen LogP contribution < -0.4 is 0 Å². The van der Waals surface area contributed by atoms with E-state index < -0.39 is 0 Å². The number of furan rings is 1. The van der Waals surface area contributed by atoms with E-state index in [1.165, 1.54) is 0 Å². The van der Waals surface area contributed by atoms with Crippen LogP contribution in [-0.2, 0) is 11.3 Å². The summed E-state index contributed by atoms with van der Waals surface area (Å²) >= 11 is 6.22. The Bertz CT molecular complexity index is 907. The minimum absolute atomic E-state index is 0.102. The van der Waals surface area contributed by atoms with Crippen molar-refractivity contribution in [2.75, 3.05) is 19.7 Å². The molecular formula is C20H20ClN3O3. The van der Waals surface area contributed by atoms with Gasteiger partial charge in [0.15, 0.2) is 5.76 Å².